The van der Waals surface area contributed by atoms with Crippen LogP contribution in [0.5, 0.6) is 0 Å². The highest BCUT2D eigenvalue weighted by Crippen LogP contribution is 2.29. The first-order valence-corrected chi connectivity index (χ1v) is 11.9. The van der Waals surface area contributed by atoms with Crippen LogP contribution in [-0.2, 0) is 16.1 Å². The molecule has 0 saturated carbocycles. The average Bonchev–Trinajstić information content (AvgIpc) is 3.45. The predicted octanol–water partition coefficient (Wildman–Crippen LogP) is 3.93. The highest BCUT2D eigenvalue weighted by atomic mass is 35.5. The van der Waals surface area contributed by atoms with Crippen molar-refractivity contribution in [3.8, 4) is 11.1 Å². The summed E-state index contributed by atoms with van der Waals surface area (Å²) in [4.78, 5) is 43.8. The molecule has 188 valence electrons. The smallest absolute Gasteiger partial charge is 0.247 e. The number of amides is 2. The summed E-state index contributed by atoms with van der Waals surface area (Å²) in [5, 5.41) is 11.4. The van der Waals surface area contributed by atoms with Crippen LogP contribution in [0.1, 0.15) is 23.7 Å². The Bertz CT molecular complexity index is 1510. The molecule has 1 fully saturated rings. The fourth-order valence-electron chi connectivity index (χ4n) is 4.60. The van der Waals surface area contributed by atoms with E-state index in [4.69, 9.17) is 11.6 Å². The standard InChI is InChI=1S/C26H22ClFN6O3/c1-15(35)22-13-33(23-3-2-16(6-21(22)23)17-4-5-30-31-9-17)14-25(36)34-12-19(28)8-24(34)26(37)32-20-7-18(27)10-29-11-20/h2-7,9-11,13,19,24H,8,12,14H2,1H3,(H,32,37). The van der Waals surface area contributed by atoms with Crippen molar-refractivity contribution in [3.63, 3.8) is 0 Å². The van der Waals surface area contributed by atoms with Gasteiger partial charge < -0.3 is 14.8 Å². The van der Waals surface area contributed by atoms with Gasteiger partial charge in [-0.2, -0.15) is 10.2 Å². The number of pyridine rings is 1. The fourth-order valence-corrected chi connectivity index (χ4v) is 4.77. The van der Waals surface area contributed by atoms with Gasteiger partial charge in [-0.1, -0.05) is 17.7 Å². The predicted molar refractivity (Wildman–Crippen MR) is 136 cm³/mol. The van der Waals surface area contributed by atoms with Crippen molar-refractivity contribution in [1.82, 2.24) is 24.6 Å². The number of Topliss-reactive ketones (excluding diaryl/α,β-unsaturated/α-hetero) is 1. The number of ketones is 1. The Kier molecular flexibility index (Phi) is 6.66. The van der Waals surface area contributed by atoms with Gasteiger partial charge in [0.2, 0.25) is 11.8 Å². The Morgan fingerprint density at radius 3 is 2.68 bits per heavy atom. The molecule has 37 heavy (non-hydrogen) atoms. The van der Waals surface area contributed by atoms with E-state index in [0.717, 1.165) is 11.1 Å². The highest BCUT2D eigenvalue weighted by molar-refractivity contribution is 6.30. The Morgan fingerprint density at radius 2 is 1.95 bits per heavy atom. The number of alkyl halides is 1. The van der Waals surface area contributed by atoms with Crippen LogP contribution in [0.4, 0.5) is 10.1 Å². The van der Waals surface area contributed by atoms with Gasteiger partial charge in [0, 0.05) is 40.8 Å². The van der Waals surface area contributed by atoms with Crippen molar-refractivity contribution in [1.29, 1.82) is 0 Å². The first-order valence-electron chi connectivity index (χ1n) is 11.6. The molecule has 0 radical (unpaired) electrons. The third kappa shape index (κ3) is 5.05. The second-order valence-corrected chi connectivity index (χ2v) is 9.30. The average molecular weight is 521 g/mol. The summed E-state index contributed by atoms with van der Waals surface area (Å²) in [5.74, 6) is -1.10. The lowest BCUT2D eigenvalue weighted by Gasteiger charge is -2.24. The Balaban J connectivity index is 1.41. The zero-order valence-electron chi connectivity index (χ0n) is 19.8. The summed E-state index contributed by atoms with van der Waals surface area (Å²) < 4.78 is 16.0. The van der Waals surface area contributed by atoms with Crippen LogP contribution >= 0.6 is 11.6 Å². The zero-order valence-corrected chi connectivity index (χ0v) is 20.5. The molecule has 5 rings (SSSR count). The normalized spacial score (nSPS) is 17.2. The molecule has 0 spiro atoms. The Morgan fingerprint density at radius 1 is 1.11 bits per heavy atom. The second-order valence-electron chi connectivity index (χ2n) is 8.87. The molecule has 1 aliphatic rings. The number of rotatable bonds is 6. The van der Waals surface area contributed by atoms with E-state index in [1.54, 1.807) is 23.2 Å². The number of carbonyl (C=O) groups excluding carboxylic acids is 3. The van der Waals surface area contributed by atoms with Crippen LogP contribution in [0, 0.1) is 0 Å². The number of nitrogens with one attached hydrogen (secondary N) is 1. The summed E-state index contributed by atoms with van der Waals surface area (Å²) in [5.41, 5.74) is 3.17. The monoisotopic (exact) mass is 520 g/mol. The van der Waals surface area contributed by atoms with Gasteiger partial charge in [-0.15, -0.1) is 0 Å². The molecule has 3 aromatic heterocycles. The molecule has 0 aliphatic carbocycles. The number of nitrogens with zero attached hydrogens (tertiary/aromatic N) is 5. The van der Waals surface area contributed by atoms with E-state index in [1.807, 2.05) is 24.3 Å². The lowest BCUT2D eigenvalue weighted by molar-refractivity contribution is -0.137. The number of fused-ring (bicyclic) bond motifs is 1. The quantitative estimate of drug-likeness (QED) is 0.386. The first-order chi connectivity index (χ1) is 17.8. The number of halogens is 2. The van der Waals surface area contributed by atoms with Gasteiger partial charge in [-0.05, 0) is 36.8 Å². The van der Waals surface area contributed by atoms with Crippen molar-refractivity contribution in [2.24, 2.45) is 0 Å². The van der Waals surface area contributed by atoms with Gasteiger partial charge >= 0.3 is 0 Å². The molecular formula is C26H22ClFN6O3. The summed E-state index contributed by atoms with van der Waals surface area (Å²) >= 11 is 5.93. The molecule has 1 aliphatic heterocycles. The van der Waals surface area contributed by atoms with Crippen molar-refractivity contribution in [2.75, 3.05) is 11.9 Å². The summed E-state index contributed by atoms with van der Waals surface area (Å²) in [6.45, 7) is 1.11. The molecule has 4 heterocycles. The van der Waals surface area contributed by atoms with Gasteiger partial charge in [0.05, 0.1) is 35.8 Å². The second kappa shape index (κ2) is 10.1. The number of carbonyl (C=O) groups is 3. The molecule has 11 heteroatoms. The molecule has 2 unspecified atom stereocenters. The Hall–Kier alpha value is -4.18. The molecule has 1 aromatic carbocycles. The van der Waals surface area contributed by atoms with Crippen molar-refractivity contribution >= 4 is 45.8 Å². The molecule has 1 saturated heterocycles. The van der Waals surface area contributed by atoms with Crippen molar-refractivity contribution in [3.05, 3.63) is 71.9 Å². The SMILES string of the molecule is CC(=O)c1cn(CC(=O)N2CC(F)CC2C(=O)Nc2cncc(Cl)c2)c2ccc(-c3ccnnc3)cc12. The largest absolute Gasteiger partial charge is 0.337 e. The maximum atomic E-state index is 14.4. The summed E-state index contributed by atoms with van der Waals surface area (Å²) in [6, 6.07) is 7.91. The van der Waals surface area contributed by atoms with E-state index >= 15 is 0 Å². The summed E-state index contributed by atoms with van der Waals surface area (Å²) in [7, 11) is 0. The van der Waals surface area contributed by atoms with Crippen LogP contribution < -0.4 is 5.32 Å². The van der Waals surface area contributed by atoms with Crippen LogP contribution in [-0.4, -0.2) is 61.0 Å². The van der Waals surface area contributed by atoms with Crippen LogP contribution in [0.2, 0.25) is 5.02 Å². The number of benzene rings is 1. The molecule has 0 bridgehead atoms. The van der Waals surface area contributed by atoms with E-state index in [2.05, 4.69) is 20.5 Å². The van der Waals surface area contributed by atoms with E-state index in [9.17, 15) is 18.8 Å². The number of hydrogen-bond acceptors (Lipinski definition) is 6. The Labute approximate surface area is 216 Å². The topological polar surface area (TPSA) is 110 Å². The van der Waals surface area contributed by atoms with Crippen molar-refractivity contribution < 1.29 is 18.8 Å². The maximum absolute atomic E-state index is 14.4. The molecule has 4 aromatic rings. The third-order valence-electron chi connectivity index (χ3n) is 6.33. The van der Waals surface area contributed by atoms with Crippen LogP contribution in [0.25, 0.3) is 22.0 Å². The number of anilines is 1. The minimum Gasteiger partial charge on any atom is -0.337 e. The van der Waals surface area contributed by atoms with E-state index in [-0.39, 0.29) is 25.3 Å². The van der Waals surface area contributed by atoms with E-state index < -0.39 is 24.0 Å². The molecule has 9 nitrogen and oxygen atoms in total. The molecule has 1 N–H and O–H groups in total. The van der Waals surface area contributed by atoms with E-state index in [0.29, 0.717) is 27.2 Å². The molecule has 2 atom stereocenters. The zero-order chi connectivity index (χ0) is 26.1. The lowest BCUT2D eigenvalue weighted by atomic mass is 10.0. The van der Waals surface area contributed by atoms with Gasteiger partial charge in [0.15, 0.2) is 5.78 Å². The lowest BCUT2D eigenvalue weighted by Crippen LogP contribution is -2.44. The van der Waals surface area contributed by atoms with Gasteiger partial charge in [-0.3, -0.25) is 19.4 Å². The number of aromatic nitrogens is 4. The number of hydrogen-bond donors (Lipinski definition) is 1. The van der Waals surface area contributed by atoms with Gasteiger partial charge in [0.1, 0.15) is 18.8 Å². The molecular weight excluding hydrogens is 499 g/mol. The number of likely N-dealkylation sites (tertiary alicyclic amines) is 1. The molecule has 2 amide bonds. The van der Waals surface area contributed by atoms with Gasteiger partial charge in [0.25, 0.3) is 0 Å². The third-order valence-corrected chi connectivity index (χ3v) is 6.54. The van der Waals surface area contributed by atoms with E-state index in [1.165, 1.54) is 30.3 Å². The summed E-state index contributed by atoms with van der Waals surface area (Å²) in [6.07, 6.45) is 6.23. The maximum Gasteiger partial charge on any atom is 0.247 e. The van der Waals surface area contributed by atoms with Crippen LogP contribution in [0.3, 0.4) is 0 Å². The minimum absolute atomic E-state index is 0.111. The highest BCUT2D eigenvalue weighted by Gasteiger charge is 2.40. The van der Waals surface area contributed by atoms with Gasteiger partial charge in [-0.25, -0.2) is 4.39 Å². The first kappa shape index (κ1) is 24.5. The van der Waals surface area contributed by atoms with Crippen molar-refractivity contribution in [2.45, 2.75) is 32.1 Å². The van der Waals surface area contributed by atoms with Crippen LogP contribution in [0.15, 0.2) is 61.3 Å². The fraction of sp³-hybridized carbons (Fsp3) is 0.231. The minimum atomic E-state index is -1.33.